The summed E-state index contributed by atoms with van der Waals surface area (Å²) in [7, 11) is 2.04. The van der Waals surface area contributed by atoms with Crippen LogP contribution in [0.15, 0.2) is 18.2 Å². The lowest BCUT2D eigenvalue weighted by molar-refractivity contribution is 0.0697. The van der Waals surface area contributed by atoms with E-state index in [1.54, 1.807) is 12.1 Å². The first-order valence-corrected chi connectivity index (χ1v) is 6.70. The van der Waals surface area contributed by atoms with Crippen molar-refractivity contribution in [3.8, 4) is 0 Å². The summed E-state index contributed by atoms with van der Waals surface area (Å²) in [6.07, 6.45) is 1.24. The zero-order valence-electron chi connectivity index (χ0n) is 11.1. The second-order valence-electron chi connectivity index (χ2n) is 4.96. The van der Waals surface area contributed by atoms with Gasteiger partial charge in [-0.25, -0.2) is 4.79 Å². The van der Waals surface area contributed by atoms with E-state index >= 15 is 0 Å². The molecule has 0 aromatic heterocycles. The van der Waals surface area contributed by atoms with Crippen LogP contribution in [0.2, 0.25) is 5.02 Å². The number of carboxylic acid groups (broad SMARTS) is 1. The van der Waals surface area contributed by atoms with Gasteiger partial charge in [0.25, 0.3) is 0 Å². The van der Waals surface area contributed by atoms with Gasteiger partial charge in [0.15, 0.2) is 0 Å². The van der Waals surface area contributed by atoms with Gasteiger partial charge in [-0.05, 0) is 38.1 Å². The summed E-state index contributed by atoms with van der Waals surface area (Å²) in [4.78, 5) is 13.1. The Morgan fingerprint density at radius 1 is 1.58 bits per heavy atom. The molecular formula is C14H18ClNO3. The van der Waals surface area contributed by atoms with Crippen molar-refractivity contribution < 1.29 is 14.6 Å². The molecule has 2 rings (SSSR count). The Bertz CT molecular complexity index is 478. The molecule has 5 heteroatoms. The molecule has 0 radical (unpaired) electrons. The topological polar surface area (TPSA) is 49.8 Å². The van der Waals surface area contributed by atoms with Gasteiger partial charge in [-0.15, -0.1) is 0 Å². The maximum Gasteiger partial charge on any atom is 0.335 e. The minimum Gasteiger partial charge on any atom is -0.478 e. The SMILES string of the molecule is CC1OCCC1N(C)Cc1ccc(C(=O)O)cc1Cl. The lowest BCUT2D eigenvalue weighted by Gasteiger charge is -2.26. The van der Waals surface area contributed by atoms with Gasteiger partial charge in [0.2, 0.25) is 0 Å². The van der Waals surface area contributed by atoms with Crippen molar-refractivity contribution in [2.45, 2.75) is 32.0 Å². The number of benzene rings is 1. The Kier molecular flexibility index (Phi) is 4.45. The Morgan fingerprint density at radius 2 is 2.32 bits per heavy atom. The number of halogens is 1. The fourth-order valence-electron chi connectivity index (χ4n) is 2.49. The molecule has 19 heavy (non-hydrogen) atoms. The normalized spacial score (nSPS) is 22.9. The average molecular weight is 284 g/mol. The quantitative estimate of drug-likeness (QED) is 0.923. The lowest BCUT2D eigenvalue weighted by atomic mass is 10.1. The van der Waals surface area contributed by atoms with Gasteiger partial charge in [-0.3, -0.25) is 4.90 Å². The third-order valence-corrected chi connectivity index (χ3v) is 3.97. The number of ether oxygens (including phenoxy) is 1. The highest BCUT2D eigenvalue weighted by molar-refractivity contribution is 6.31. The molecule has 104 valence electrons. The second kappa shape index (κ2) is 5.90. The van der Waals surface area contributed by atoms with Crippen LogP contribution in [-0.2, 0) is 11.3 Å². The third-order valence-electron chi connectivity index (χ3n) is 3.62. The molecule has 0 aliphatic carbocycles. The van der Waals surface area contributed by atoms with E-state index < -0.39 is 5.97 Å². The number of carbonyl (C=O) groups is 1. The first-order valence-electron chi connectivity index (χ1n) is 6.32. The van der Waals surface area contributed by atoms with Gasteiger partial charge in [-0.1, -0.05) is 17.7 Å². The predicted molar refractivity (Wildman–Crippen MR) is 73.7 cm³/mol. The van der Waals surface area contributed by atoms with E-state index in [0.717, 1.165) is 18.6 Å². The molecule has 1 aromatic carbocycles. The fourth-order valence-corrected chi connectivity index (χ4v) is 2.73. The highest BCUT2D eigenvalue weighted by Crippen LogP contribution is 2.24. The minimum atomic E-state index is -0.959. The average Bonchev–Trinajstić information content (AvgIpc) is 2.77. The first-order chi connectivity index (χ1) is 8.99. The molecule has 0 spiro atoms. The maximum atomic E-state index is 10.9. The van der Waals surface area contributed by atoms with Crippen LogP contribution < -0.4 is 0 Å². The number of likely N-dealkylation sites (N-methyl/N-ethyl adjacent to an activating group) is 1. The van der Waals surface area contributed by atoms with Crippen molar-refractivity contribution in [2.24, 2.45) is 0 Å². The van der Waals surface area contributed by atoms with Crippen LogP contribution in [0.25, 0.3) is 0 Å². The molecule has 1 saturated heterocycles. The van der Waals surface area contributed by atoms with E-state index in [2.05, 4.69) is 11.8 Å². The zero-order valence-corrected chi connectivity index (χ0v) is 11.9. The summed E-state index contributed by atoms with van der Waals surface area (Å²) >= 11 is 6.14. The molecular weight excluding hydrogens is 266 g/mol. The van der Waals surface area contributed by atoms with Gasteiger partial charge < -0.3 is 9.84 Å². The van der Waals surface area contributed by atoms with Crippen LogP contribution in [0.3, 0.4) is 0 Å². The van der Waals surface area contributed by atoms with Gasteiger partial charge >= 0.3 is 5.97 Å². The summed E-state index contributed by atoms with van der Waals surface area (Å²) in [5.41, 5.74) is 1.15. The van der Waals surface area contributed by atoms with Crippen LogP contribution in [-0.4, -0.2) is 41.8 Å². The predicted octanol–water partition coefficient (Wildman–Crippen LogP) is 2.65. The summed E-state index contributed by atoms with van der Waals surface area (Å²) in [5, 5.41) is 9.40. The number of carboxylic acids is 1. The molecule has 1 aliphatic heterocycles. The van der Waals surface area contributed by atoms with Gasteiger partial charge in [0, 0.05) is 24.2 Å². The summed E-state index contributed by atoms with van der Waals surface area (Å²) in [5.74, 6) is -0.959. The molecule has 2 atom stereocenters. The Morgan fingerprint density at radius 3 is 2.84 bits per heavy atom. The number of hydrogen-bond donors (Lipinski definition) is 1. The summed E-state index contributed by atoms with van der Waals surface area (Å²) in [6, 6.07) is 5.26. The molecule has 0 saturated carbocycles. The Balaban J connectivity index is 2.08. The van der Waals surface area contributed by atoms with Crippen molar-refractivity contribution in [1.82, 2.24) is 4.90 Å². The smallest absolute Gasteiger partial charge is 0.335 e. The second-order valence-corrected chi connectivity index (χ2v) is 5.37. The molecule has 1 fully saturated rings. The highest BCUT2D eigenvalue weighted by atomic mass is 35.5. The summed E-state index contributed by atoms with van der Waals surface area (Å²) < 4.78 is 5.55. The van der Waals surface area contributed by atoms with Crippen molar-refractivity contribution in [3.05, 3.63) is 34.3 Å². The summed E-state index contributed by atoms with van der Waals surface area (Å²) in [6.45, 7) is 3.56. The van der Waals surface area contributed by atoms with Crippen molar-refractivity contribution in [2.75, 3.05) is 13.7 Å². The van der Waals surface area contributed by atoms with Gasteiger partial charge in [0.05, 0.1) is 11.7 Å². The van der Waals surface area contributed by atoms with Crippen LogP contribution in [0, 0.1) is 0 Å². The van der Waals surface area contributed by atoms with Crippen molar-refractivity contribution in [3.63, 3.8) is 0 Å². The minimum absolute atomic E-state index is 0.217. The fraction of sp³-hybridized carbons (Fsp3) is 0.500. The van der Waals surface area contributed by atoms with E-state index in [1.165, 1.54) is 6.07 Å². The van der Waals surface area contributed by atoms with E-state index in [4.69, 9.17) is 21.4 Å². The monoisotopic (exact) mass is 283 g/mol. The molecule has 1 aliphatic rings. The van der Waals surface area contributed by atoms with Crippen LogP contribution in [0.4, 0.5) is 0 Å². The van der Waals surface area contributed by atoms with E-state index in [1.807, 2.05) is 7.05 Å². The van der Waals surface area contributed by atoms with E-state index in [9.17, 15) is 4.79 Å². The van der Waals surface area contributed by atoms with Crippen LogP contribution in [0.5, 0.6) is 0 Å². The highest BCUT2D eigenvalue weighted by Gasteiger charge is 2.28. The van der Waals surface area contributed by atoms with Gasteiger partial charge in [-0.2, -0.15) is 0 Å². The standard InChI is InChI=1S/C14H18ClNO3/c1-9-13(5-6-19-9)16(2)8-11-4-3-10(14(17)18)7-12(11)15/h3-4,7,9,13H,5-6,8H2,1-2H3,(H,17,18). The van der Waals surface area contributed by atoms with E-state index in [-0.39, 0.29) is 11.7 Å². The zero-order chi connectivity index (χ0) is 14.0. The molecule has 2 unspecified atom stereocenters. The maximum absolute atomic E-state index is 10.9. The van der Waals surface area contributed by atoms with Crippen molar-refractivity contribution in [1.29, 1.82) is 0 Å². The van der Waals surface area contributed by atoms with Crippen LogP contribution in [0.1, 0.15) is 29.3 Å². The van der Waals surface area contributed by atoms with E-state index in [0.29, 0.717) is 17.6 Å². The number of nitrogens with zero attached hydrogens (tertiary/aromatic N) is 1. The first kappa shape index (κ1) is 14.3. The number of rotatable bonds is 4. The Labute approximate surface area is 117 Å². The third kappa shape index (κ3) is 3.26. The van der Waals surface area contributed by atoms with Crippen molar-refractivity contribution >= 4 is 17.6 Å². The number of aromatic carboxylic acids is 1. The molecule has 4 nitrogen and oxygen atoms in total. The molecule has 1 heterocycles. The molecule has 1 aromatic rings. The Hall–Kier alpha value is -1.10. The molecule has 1 N–H and O–H groups in total. The molecule has 0 amide bonds. The van der Waals surface area contributed by atoms with Gasteiger partial charge in [0.1, 0.15) is 0 Å². The largest absolute Gasteiger partial charge is 0.478 e. The number of hydrogen-bond acceptors (Lipinski definition) is 3. The molecule has 0 bridgehead atoms. The lowest BCUT2D eigenvalue weighted by Crippen LogP contribution is -2.36. The van der Waals surface area contributed by atoms with Crippen LogP contribution >= 0.6 is 11.6 Å².